The Hall–Kier alpha value is -5.64. The van der Waals surface area contributed by atoms with Gasteiger partial charge in [0.05, 0.1) is 33.5 Å². The van der Waals surface area contributed by atoms with Crippen molar-refractivity contribution < 1.29 is 72.2 Å². The number of nitrogens with zero attached hydrogens (tertiary/aromatic N) is 2. The fourth-order valence-electron chi connectivity index (χ4n) is 9.88. The summed E-state index contributed by atoms with van der Waals surface area (Å²) in [6.45, 7) is 15.0. The molecule has 8 rings (SSSR count). The molecule has 0 spiro atoms. The number of primary amides is 2. The third-order valence-electron chi connectivity index (χ3n) is 14.2. The summed E-state index contributed by atoms with van der Waals surface area (Å²) in [5, 5.41) is 10.9. The molecule has 14 nitrogen and oxygen atoms in total. The van der Waals surface area contributed by atoms with E-state index in [-0.39, 0.29) is 58.7 Å². The molecule has 436 valence electrons. The van der Waals surface area contributed by atoms with Gasteiger partial charge >= 0.3 is 5.97 Å². The molecular formula is C63H72BCl2N5O9S2U. The zero-order chi connectivity index (χ0) is 61.8. The second kappa shape index (κ2) is 29.4. The van der Waals surface area contributed by atoms with Crippen LogP contribution >= 0.6 is 23.2 Å². The predicted octanol–water partition coefficient (Wildman–Crippen LogP) is 10.3. The molecule has 0 aromatic heterocycles. The minimum Gasteiger partial charge on any atom is -0.478 e. The zero-order valence-corrected chi connectivity index (χ0v) is 55.0. The molecule has 2 heterocycles. The van der Waals surface area contributed by atoms with E-state index in [1.165, 1.54) is 8.61 Å². The summed E-state index contributed by atoms with van der Waals surface area (Å²) < 4.78 is 64.4. The number of rotatable bonds is 16. The molecule has 2 aliphatic heterocycles. The van der Waals surface area contributed by atoms with Crippen LogP contribution in [0.1, 0.15) is 93.4 Å². The van der Waals surface area contributed by atoms with E-state index < -0.39 is 84.8 Å². The third kappa shape index (κ3) is 17.3. The normalized spacial score (nSPS) is 18.1. The van der Waals surface area contributed by atoms with E-state index in [1.54, 1.807) is 123 Å². The molecule has 2 aliphatic rings. The first-order valence-electron chi connectivity index (χ1n) is 26.8. The number of halogens is 2. The first kappa shape index (κ1) is 68.1. The van der Waals surface area contributed by atoms with E-state index in [9.17, 15) is 41.1 Å². The van der Waals surface area contributed by atoms with E-state index in [2.05, 4.69) is 8.38 Å². The van der Waals surface area contributed by atoms with Crippen LogP contribution in [0.15, 0.2) is 191 Å². The van der Waals surface area contributed by atoms with E-state index in [0.29, 0.717) is 50.7 Å². The Morgan fingerprint density at radius 3 is 1.27 bits per heavy atom. The average molecular weight is 1430 g/mol. The molecular weight excluding hydrogens is 1350 g/mol. The summed E-state index contributed by atoms with van der Waals surface area (Å²) in [6, 6.07) is 42.3. The number of carbonyl (C=O) groups is 4. The minimum absolute atomic E-state index is 0. The Morgan fingerprint density at radius 1 is 0.566 bits per heavy atom. The summed E-state index contributed by atoms with van der Waals surface area (Å²) in [7, 11) is -4.31. The maximum atomic E-state index is 14.4. The molecule has 2 amide bonds. The van der Waals surface area contributed by atoms with Crippen molar-refractivity contribution in [2.24, 2.45) is 33.9 Å². The van der Waals surface area contributed by atoms with Gasteiger partial charge in [-0.15, -0.1) is 0 Å². The van der Waals surface area contributed by atoms with Gasteiger partial charge in [0, 0.05) is 79.5 Å². The van der Waals surface area contributed by atoms with Gasteiger partial charge in [-0.05, 0) is 109 Å². The Balaban J connectivity index is 0.000000299. The smallest absolute Gasteiger partial charge is 0.333 e. The summed E-state index contributed by atoms with van der Waals surface area (Å²) >= 11 is 12.2. The number of nitrogens with two attached hydrogens (primary N) is 3. The molecule has 6 aromatic carbocycles. The monoisotopic (exact) mass is 1430 g/mol. The fourth-order valence-corrected chi connectivity index (χ4v) is 14.4. The molecule has 0 saturated heterocycles. The molecule has 20 heteroatoms. The first-order chi connectivity index (χ1) is 38.9. The molecule has 0 saturated carbocycles. The number of ketones is 1. The third-order valence-corrected chi connectivity index (χ3v) is 18.7. The largest absolute Gasteiger partial charge is 0.478 e. The van der Waals surface area contributed by atoms with Gasteiger partial charge in [-0.2, -0.15) is 8.61 Å². The van der Waals surface area contributed by atoms with Crippen molar-refractivity contribution >= 4 is 75.2 Å². The molecule has 6 atom stereocenters. The Bertz CT molecular complexity index is 3540. The number of aliphatic carboxylic acids is 1. The Kier molecular flexibility index (Phi) is 24.2. The fraction of sp³-hybridized carbons (Fsp3) is 0.302. The van der Waals surface area contributed by atoms with Crippen LogP contribution in [0.4, 0.5) is 0 Å². The number of carboxylic acid groups (broad SMARTS) is 1. The minimum atomic E-state index is -4.06. The molecule has 2 radical (unpaired) electrons. The predicted molar refractivity (Wildman–Crippen MR) is 326 cm³/mol. The van der Waals surface area contributed by atoms with Gasteiger partial charge in [-0.1, -0.05) is 198 Å². The summed E-state index contributed by atoms with van der Waals surface area (Å²) in [5.74, 6) is -3.22. The van der Waals surface area contributed by atoms with Crippen molar-refractivity contribution in [3.8, 4) is 0 Å². The average Bonchev–Trinajstić information content (AvgIpc) is 1.67. The number of hydrogen-bond donors (Lipinski definition) is 4. The molecule has 0 aliphatic carbocycles. The van der Waals surface area contributed by atoms with Crippen molar-refractivity contribution in [2.75, 3.05) is 0 Å². The van der Waals surface area contributed by atoms with Crippen LogP contribution < -0.4 is 17.2 Å². The van der Waals surface area contributed by atoms with Gasteiger partial charge in [-0.25, -0.2) is 21.6 Å². The van der Waals surface area contributed by atoms with Gasteiger partial charge in [0.1, 0.15) is 0 Å². The maximum absolute atomic E-state index is 14.4. The number of benzene rings is 6. The van der Waals surface area contributed by atoms with Crippen LogP contribution in [0.3, 0.4) is 0 Å². The van der Waals surface area contributed by atoms with Crippen LogP contribution in [0.5, 0.6) is 0 Å². The Labute approximate surface area is 526 Å². The van der Waals surface area contributed by atoms with E-state index in [1.807, 2.05) is 102 Å². The van der Waals surface area contributed by atoms with Crippen molar-refractivity contribution in [2.45, 2.75) is 115 Å². The van der Waals surface area contributed by atoms with Gasteiger partial charge < -0.3 is 22.3 Å². The number of hydrogen-bond acceptors (Lipinski definition) is 9. The summed E-state index contributed by atoms with van der Waals surface area (Å²) in [4.78, 5) is 49.5. The topological polar surface area (TPSA) is 241 Å². The van der Waals surface area contributed by atoms with Gasteiger partial charge in [0.2, 0.25) is 31.9 Å². The van der Waals surface area contributed by atoms with Gasteiger partial charge in [-0.3, -0.25) is 14.4 Å². The van der Waals surface area contributed by atoms with Crippen LogP contribution in [-0.2, 0) is 52.1 Å². The van der Waals surface area contributed by atoms with Crippen molar-refractivity contribution in [3.63, 3.8) is 0 Å². The molecule has 0 bridgehead atoms. The van der Waals surface area contributed by atoms with Crippen LogP contribution in [-0.4, -0.2) is 82.0 Å². The van der Waals surface area contributed by atoms with Crippen molar-refractivity contribution in [1.29, 1.82) is 1.34 Å². The first-order valence-corrected chi connectivity index (χ1v) is 29.9. The van der Waals surface area contributed by atoms with Crippen LogP contribution in [0.25, 0.3) is 0 Å². The number of amides is 2. The van der Waals surface area contributed by atoms with E-state index in [4.69, 9.17) is 41.7 Å². The molecule has 83 heavy (non-hydrogen) atoms. The Morgan fingerprint density at radius 2 is 0.916 bits per heavy atom. The zero-order valence-electron chi connectivity index (χ0n) is 48.7. The van der Waals surface area contributed by atoms with E-state index in [0.717, 1.165) is 11.1 Å². The number of Topliss-reactive ketones (excluding diaryl/α,β-unsaturated/α-hetero) is 1. The SMILES string of the molecule is Cc1ccccc1S(=O)(=O)N1[C@@H](c2ccc(Cl)cc2)C(C(=O)C[C@@H](Cc2ccccc2)C(N)=O)=C[C@H]1C(C)(C)C.Cc1ccccc1S(=O)(=O)N1[C@@H](c2ccc(Cl)cc2)C(C(=O)O)=C[C@H]1C(C)(C)C.NC(=O)[C@@H](N)Cc1ccccc1.[3H][B].[U]. The number of sulfonamides is 2. The molecule has 0 fully saturated rings. The number of carboxylic acids is 1. The van der Waals surface area contributed by atoms with E-state index >= 15 is 0 Å². The van der Waals surface area contributed by atoms with Crippen molar-refractivity contribution in [1.82, 2.24) is 8.61 Å². The van der Waals surface area contributed by atoms with Gasteiger partial charge in [0.15, 0.2) is 5.78 Å². The summed E-state index contributed by atoms with van der Waals surface area (Å²) in [5.41, 5.74) is 19.9. The number of carbonyl (C=O) groups excluding carboxylic acids is 3. The van der Waals surface area contributed by atoms with Gasteiger partial charge in [0.25, 0.3) is 0 Å². The van der Waals surface area contributed by atoms with Crippen LogP contribution in [0, 0.1) is 61.7 Å². The number of aryl methyl sites for hydroxylation is 2. The molecule has 6 aromatic rings. The van der Waals surface area contributed by atoms with Crippen molar-refractivity contribution in [3.05, 3.63) is 224 Å². The second-order valence-electron chi connectivity index (χ2n) is 22.4. The summed E-state index contributed by atoms with van der Waals surface area (Å²) in [6.07, 6.45) is 4.02. The quantitative estimate of drug-likeness (QED) is 0.0668. The maximum Gasteiger partial charge on any atom is 0.333 e. The standard InChI is InChI=1S/C32H35ClN2O4S.C22H24ClNO4S.C9H12N2O.BH.U/c1-21-10-8-9-13-28(21)40(38,39)35-29(32(2,3)4)20-26(30(35)23-14-16-25(33)17-15-23)27(36)19-24(31(34)37)18-22-11-6-5-7-12-22;1-14-7-5-6-8-18(14)29(27,28)24-19(22(2,3)4)13-17(21(25)26)20(24)15-9-11-16(23)12-10-15;10-8(9(11)12)6-7-4-2-1-3-5-7;;/h5-17,20,24,29-30H,18-19H2,1-4H3,(H2,34,37);5-13,19-20H,1-4H3,(H,25,26);1-5,8H,6,10H2,(H2,11,12);1H;/t24-,29+,30+;19-,20-;8-;;/m100../s1/i;;;1T;. The second-order valence-corrected chi connectivity index (χ2v) is 26.9. The van der Waals surface area contributed by atoms with Crippen LogP contribution in [0.2, 0.25) is 10.0 Å². The molecule has 0 unspecified atom stereocenters. The molecule has 7 N–H and O–H groups in total.